The summed E-state index contributed by atoms with van der Waals surface area (Å²) in [6, 6.07) is 9.00. The number of halogens is 1. The van der Waals surface area contributed by atoms with Gasteiger partial charge in [-0.05, 0) is 38.0 Å². The van der Waals surface area contributed by atoms with E-state index in [-0.39, 0.29) is 54.2 Å². The largest absolute Gasteiger partial charge is 0.380 e. The second kappa shape index (κ2) is 9.62. The molecule has 33 heavy (non-hydrogen) atoms. The number of nitro groups is 1. The molecule has 0 aliphatic carbocycles. The van der Waals surface area contributed by atoms with E-state index in [1.165, 1.54) is 10.4 Å². The van der Waals surface area contributed by atoms with Crippen molar-refractivity contribution in [3.8, 4) is 0 Å². The number of aryl methyl sites for hydroxylation is 1. The van der Waals surface area contributed by atoms with Crippen LogP contribution in [0, 0.1) is 22.9 Å². The number of hydrogen-bond acceptors (Lipinski definition) is 7. The zero-order chi connectivity index (χ0) is 23.6. The molecular weight excluding hydrogens is 451 g/mol. The molecule has 2 aliphatic rings. The minimum atomic E-state index is -3.66. The van der Waals surface area contributed by atoms with Crippen LogP contribution in [-0.4, -0.2) is 63.1 Å². The molecule has 2 heterocycles. The molecule has 1 N–H and O–H groups in total. The Bertz CT molecular complexity index is 1110. The van der Waals surface area contributed by atoms with Gasteiger partial charge in [0, 0.05) is 39.3 Å². The van der Waals surface area contributed by atoms with Crippen LogP contribution in [0.2, 0.25) is 0 Å². The van der Waals surface area contributed by atoms with Crippen molar-refractivity contribution in [1.29, 1.82) is 0 Å². The van der Waals surface area contributed by atoms with Gasteiger partial charge >= 0.3 is 0 Å². The van der Waals surface area contributed by atoms with Crippen LogP contribution in [0.15, 0.2) is 41.3 Å². The van der Waals surface area contributed by atoms with Gasteiger partial charge in [-0.15, -0.1) is 0 Å². The van der Waals surface area contributed by atoms with E-state index in [0.717, 1.165) is 24.5 Å². The second-order valence-electron chi connectivity index (χ2n) is 8.30. The molecule has 0 radical (unpaired) electrons. The van der Waals surface area contributed by atoms with Gasteiger partial charge in [0.2, 0.25) is 10.0 Å². The number of benzene rings is 2. The fourth-order valence-corrected chi connectivity index (χ4v) is 5.57. The SMILES string of the molecule is Cc1ccc(S(=O)(=O)N2CCN(c3cc(NC[C@@H]4CCCO4)c(F)cc3[N+](=O)[O-])CC2)cc1. The van der Waals surface area contributed by atoms with Crippen molar-refractivity contribution in [2.45, 2.75) is 30.8 Å². The maximum atomic E-state index is 14.6. The molecule has 1 atom stereocenters. The Labute approximate surface area is 192 Å². The van der Waals surface area contributed by atoms with Crippen LogP contribution < -0.4 is 10.2 Å². The molecule has 2 aromatic carbocycles. The van der Waals surface area contributed by atoms with Crippen molar-refractivity contribution < 1.29 is 22.5 Å². The van der Waals surface area contributed by atoms with Crippen LogP contribution >= 0.6 is 0 Å². The van der Waals surface area contributed by atoms with E-state index in [4.69, 9.17) is 4.74 Å². The number of hydrogen-bond donors (Lipinski definition) is 1. The normalized spacial score (nSPS) is 19.6. The summed E-state index contributed by atoms with van der Waals surface area (Å²) in [5.74, 6) is -0.705. The Morgan fingerprint density at radius 2 is 1.88 bits per heavy atom. The maximum Gasteiger partial charge on any atom is 0.295 e. The zero-order valence-electron chi connectivity index (χ0n) is 18.4. The fraction of sp³-hybridized carbons (Fsp3) is 0.455. The summed E-state index contributed by atoms with van der Waals surface area (Å²) in [6.07, 6.45) is 1.82. The lowest BCUT2D eigenvalue weighted by Crippen LogP contribution is -2.48. The van der Waals surface area contributed by atoms with Gasteiger partial charge in [0.15, 0.2) is 5.82 Å². The molecule has 9 nitrogen and oxygen atoms in total. The molecule has 2 aromatic rings. The predicted molar refractivity (Wildman–Crippen MR) is 123 cm³/mol. The Kier molecular flexibility index (Phi) is 6.82. The highest BCUT2D eigenvalue weighted by molar-refractivity contribution is 7.89. The average Bonchev–Trinajstić information content (AvgIpc) is 3.32. The second-order valence-corrected chi connectivity index (χ2v) is 10.2. The summed E-state index contributed by atoms with van der Waals surface area (Å²) in [5, 5.41) is 14.6. The molecular formula is C22H27FN4O5S. The standard InChI is InChI=1S/C22H27FN4O5S/c1-16-4-6-18(7-5-16)33(30,31)26-10-8-25(9-11-26)21-14-20(19(23)13-22(21)27(28)29)24-15-17-3-2-12-32-17/h4-7,13-14,17,24H,2-3,8-12,15H2,1H3/t17-/m0/s1. The lowest BCUT2D eigenvalue weighted by molar-refractivity contribution is -0.384. The van der Waals surface area contributed by atoms with E-state index in [2.05, 4.69) is 5.32 Å². The number of nitrogens with zero attached hydrogens (tertiary/aromatic N) is 3. The molecule has 11 heteroatoms. The van der Waals surface area contributed by atoms with Crippen LogP contribution in [0.4, 0.5) is 21.5 Å². The minimum Gasteiger partial charge on any atom is -0.380 e. The number of sulfonamides is 1. The van der Waals surface area contributed by atoms with Crippen molar-refractivity contribution in [1.82, 2.24) is 4.31 Å². The van der Waals surface area contributed by atoms with Crippen molar-refractivity contribution in [2.75, 3.05) is 49.5 Å². The van der Waals surface area contributed by atoms with E-state index in [1.54, 1.807) is 29.2 Å². The third kappa shape index (κ3) is 5.10. The summed E-state index contributed by atoms with van der Waals surface area (Å²) < 4.78 is 47.4. The first kappa shape index (κ1) is 23.4. The van der Waals surface area contributed by atoms with E-state index in [9.17, 15) is 22.9 Å². The van der Waals surface area contributed by atoms with Crippen molar-refractivity contribution in [2.24, 2.45) is 0 Å². The Balaban J connectivity index is 1.50. The highest BCUT2D eigenvalue weighted by Gasteiger charge is 2.31. The Morgan fingerprint density at radius 3 is 2.48 bits per heavy atom. The molecule has 4 rings (SSSR count). The van der Waals surface area contributed by atoms with E-state index in [0.29, 0.717) is 13.2 Å². The number of rotatable bonds is 7. The molecule has 2 fully saturated rings. The fourth-order valence-electron chi connectivity index (χ4n) is 4.14. The molecule has 0 saturated carbocycles. The predicted octanol–water partition coefficient (Wildman–Crippen LogP) is 3.14. The van der Waals surface area contributed by atoms with Gasteiger partial charge in [0.05, 0.1) is 27.7 Å². The summed E-state index contributed by atoms with van der Waals surface area (Å²) in [6.45, 7) is 3.82. The number of anilines is 2. The van der Waals surface area contributed by atoms with Gasteiger partial charge in [0.25, 0.3) is 5.69 Å². The van der Waals surface area contributed by atoms with E-state index < -0.39 is 20.8 Å². The highest BCUT2D eigenvalue weighted by atomic mass is 32.2. The molecule has 0 spiro atoms. The number of piperazine rings is 1. The molecule has 0 unspecified atom stereocenters. The molecule has 0 bridgehead atoms. The number of nitrogens with one attached hydrogen (secondary N) is 1. The number of ether oxygens (including phenoxy) is 1. The smallest absolute Gasteiger partial charge is 0.295 e. The summed E-state index contributed by atoms with van der Waals surface area (Å²) in [7, 11) is -3.66. The van der Waals surface area contributed by atoms with Crippen LogP contribution in [0.1, 0.15) is 18.4 Å². The van der Waals surface area contributed by atoms with Crippen LogP contribution in [0.25, 0.3) is 0 Å². The van der Waals surface area contributed by atoms with Gasteiger partial charge in [-0.3, -0.25) is 10.1 Å². The van der Waals surface area contributed by atoms with Crippen molar-refractivity contribution in [3.05, 3.63) is 57.9 Å². The topological polar surface area (TPSA) is 105 Å². The summed E-state index contributed by atoms with van der Waals surface area (Å²) in [4.78, 5) is 12.9. The van der Waals surface area contributed by atoms with Crippen LogP contribution in [0.3, 0.4) is 0 Å². The maximum absolute atomic E-state index is 14.6. The van der Waals surface area contributed by atoms with Gasteiger partial charge in [-0.1, -0.05) is 17.7 Å². The Morgan fingerprint density at radius 1 is 1.18 bits per heavy atom. The van der Waals surface area contributed by atoms with Crippen LogP contribution in [0.5, 0.6) is 0 Å². The average molecular weight is 479 g/mol. The van der Waals surface area contributed by atoms with Gasteiger partial charge in [-0.25, -0.2) is 12.8 Å². The summed E-state index contributed by atoms with van der Waals surface area (Å²) >= 11 is 0. The monoisotopic (exact) mass is 478 g/mol. The lowest BCUT2D eigenvalue weighted by Gasteiger charge is -2.35. The zero-order valence-corrected chi connectivity index (χ0v) is 19.2. The molecule has 2 saturated heterocycles. The third-order valence-electron chi connectivity index (χ3n) is 6.04. The quantitative estimate of drug-likeness (QED) is 0.481. The van der Waals surface area contributed by atoms with Gasteiger partial charge in [-0.2, -0.15) is 4.31 Å². The van der Waals surface area contributed by atoms with E-state index >= 15 is 0 Å². The van der Waals surface area contributed by atoms with Crippen molar-refractivity contribution >= 4 is 27.1 Å². The highest BCUT2D eigenvalue weighted by Crippen LogP contribution is 2.34. The molecule has 2 aliphatic heterocycles. The third-order valence-corrected chi connectivity index (χ3v) is 7.96. The first-order valence-electron chi connectivity index (χ1n) is 10.9. The van der Waals surface area contributed by atoms with Gasteiger partial charge in [0.1, 0.15) is 5.69 Å². The molecule has 0 amide bonds. The first-order valence-corrected chi connectivity index (χ1v) is 12.3. The Hall–Kier alpha value is -2.76. The molecule has 178 valence electrons. The van der Waals surface area contributed by atoms with E-state index in [1.807, 2.05) is 6.92 Å². The molecule has 0 aromatic heterocycles. The first-order chi connectivity index (χ1) is 15.8. The van der Waals surface area contributed by atoms with Crippen LogP contribution in [-0.2, 0) is 14.8 Å². The lowest BCUT2D eigenvalue weighted by atomic mass is 10.1. The minimum absolute atomic E-state index is 0.0152. The van der Waals surface area contributed by atoms with Crippen molar-refractivity contribution in [3.63, 3.8) is 0 Å². The number of nitro benzene ring substituents is 1. The van der Waals surface area contributed by atoms with Gasteiger partial charge < -0.3 is 15.0 Å². The summed E-state index contributed by atoms with van der Waals surface area (Å²) in [5.41, 5.74) is 1.06.